The second-order valence-electron chi connectivity index (χ2n) is 12.9. The number of fused-ring (bicyclic) bond motifs is 9. The Hall–Kier alpha value is -5.72. The number of aromatic nitrogens is 2. The minimum Gasteiger partial charge on any atom is -0.235 e. The van der Waals surface area contributed by atoms with E-state index in [-0.39, 0.29) is 0 Å². The summed E-state index contributed by atoms with van der Waals surface area (Å²) in [6, 6.07) is 55.3. The Kier molecular flexibility index (Phi) is 6.50. The van der Waals surface area contributed by atoms with Crippen LogP contribution >= 0.6 is 34.0 Å². The molecule has 11 rings (SSSR count). The van der Waals surface area contributed by atoms with E-state index in [9.17, 15) is 0 Å². The first-order valence-corrected chi connectivity index (χ1v) is 19.4. The molecule has 11 aromatic rings. The predicted molar refractivity (Wildman–Crippen MR) is 222 cm³/mol. The first-order valence-electron chi connectivity index (χ1n) is 17.0. The standard InChI is InChI=1S/C46H26N2S3/c1-3-22-39-34(14-1)36-19-7-16-31(43(36)49-39)27-10-5-11-28(24-27)33-18-9-21-38-42-46(51-45(33)38)41(47-26-48-42)30-13-6-12-29(25-30)32-17-8-20-37-35-15-2-4-23-40(35)50-44(32)37/h1-26H. The normalized spacial score (nSPS) is 11.9. The van der Waals surface area contributed by atoms with Crippen LogP contribution in [0, 0.1) is 0 Å². The summed E-state index contributed by atoms with van der Waals surface area (Å²) in [6.45, 7) is 0. The molecule has 0 saturated carbocycles. The van der Waals surface area contributed by atoms with Gasteiger partial charge in [-0.3, -0.25) is 0 Å². The topological polar surface area (TPSA) is 25.8 Å². The second-order valence-corrected chi connectivity index (χ2v) is 16.0. The SMILES string of the molecule is c1cc(-c2cccc3c2sc2ccccc23)cc(-c2cccc3c2sc2c(-c4cccc(-c5cccc6c5sc5ccccc56)c4)ncnc23)c1. The van der Waals surface area contributed by atoms with Gasteiger partial charge in [0.2, 0.25) is 0 Å². The molecule has 0 saturated heterocycles. The molecule has 0 aliphatic carbocycles. The summed E-state index contributed by atoms with van der Waals surface area (Å²) in [6.07, 6.45) is 1.72. The predicted octanol–water partition coefficient (Wildman–Crippen LogP) is 14.2. The molecule has 0 N–H and O–H groups in total. The minimum absolute atomic E-state index is 0.975. The Morgan fingerprint density at radius 3 is 1.37 bits per heavy atom. The molecular weight excluding hydrogens is 677 g/mol. The molecule has 0 radical (unpaired) electrons. The fraction of sp³-hybridized carbons (Fsp3) is 0. The highest BCUT2D eigenvalue weighted by Crippen LogP contribution is 2.45. The molecule has 0 bridgehead atoms. The largest absolute Gasteiger partial charge is 0.235 e. The van der Waals surface area contributed by atoms with Gasteiger partial charge in [-0.2, -0.15) is 0 Å². The third-order valence-corrected chi connectivity index (χ3v) is 13.7. The highest BCUT2D eigenvalue weighted by atomic mass is 32.1. The van der Waals surface area contributed by atoms with E-state index in [0.29, 0.717) is 0 Å². The van der Waals surface area contributed by atoms with Crippen molar-refractivity contribution >= 4 is 94.7 Å². The van der Waals surface area contributed by atoms with Gasteiger partial charge in [0.05, 0.1) is 15.9 Å². The molecule has 5 heteroatoms. The number of hydrogen-bond acceptors (Lipinski definition) is 5. The lowest BCUT2D eigenvalue weighted by Gasteiger charge is -2.08. The fourth-order valence-electron chi connectivity index (χ4n) is 7.67. The number of hydrogen-bond donors (Lipinski definition) is 0. The maximum Gasteiger partial charge on any atom is 0.116 e. The van der Waals surface area contributed by atoms with E-state index in [2.05, 4.69) is 152 Å². The Labute approximate surface area is 305 Å². The van der Waals surface area contributed by atoms with Crippen LogP contribution in [0.2, 0.25) is 0 Å². The Balaban J connectivity index is 1.04. The molecule has 2 nitrogen and oxygen atoms in total. The third kappa shape index (κ3) is 4.52. The zero-order chi connectivity index (χ0) is 33.5. The summed E-state index contributed by atoms with van der Waals surface area (Å²) in [5, 5.41) is 6.44. The Morgan fingerprint density at radius 2 is 0.784 bits per heavy atom. The molecule has 0 spiro atoms. The average molecular weight is 703 g/mol. The molecule has 238 valence electrons. The van der Waals surface area contributed by atoms with Gasteiger partial charge in [-0.1, -0.05) is 127 Å². The van der Waals surface area contributed by atoms with Crippen molar-refractivity contribution in [3.8, 4) is 44.6 Å². The number of benzene rings is 7. The van der Waals surface area contributed by atoms with E-state index in [1.165, 1.54) is 83.8 Å². The molecule has 0 atom stereocenters. The van der Waals surface area contributed by atoms with Crippen molar-refractivity contribution in [2.75, 3.05) is 0 Å². The highest BCUT2D eigenvalue weighted by Gasteiger charge is 2.18. The second kappa shape index (κ2) is 11.4. The lowest BCUT2D eigenvalue weighted by atomic mass is 9.97. The molecule has 4 heterocycles. The van der Waals surface area contributed by atoms with Crippen molar-refractivity contribution in [1.82, 2.24) is 9.97 Å². The van der Waals surface area contributed by atoms with Crippen LogP contribution in [0.3, 0.4) is 0 Å². The van der Waals surface area contributed by atoms with Crippen molar-refractivity contribution in [1.29, 1.82) is 0 Å². The van der Waals surface area contributed by atoms with Crippen LogP contribution in [0.1, 0.15) is 0 Å². The van der Waals surface area contributed by atoms with E-state index in [4.69, 9.17) is 9.97 Å². The van der Waals surface area contributed by atoms with Crippen LogP contribution in [0.25, 0.3) is 105 Å². The fourth-order valence-corrected chi connectivity index (χ4v) is 11.4. The number of nitrogens with zero attached hydrogens (tertiary/aromatic N) is 2. The van der Waals surface area contributed by atoms with Crippen molar-refractivity contribution in [2.24, 2.45) is 0 Å². The highest BCUT2D eigenvalue weighted by molar-refractivity contribution is 7.27. The van der Waals surface area contributed by atoms with E-state index < -0.39 is 0 Å². The van der Waals surface area contributed by atoms with E-state index in [1.54, 1.807) is 17.7 Å². The maximum atomic E-state index is 4.91. The molecule has 7 aromatic carbocycles. The van der Waals surface area contributed by atoms with Gasteiger partial charge in [-0.25, -0.2) is 9.97 Å². The Morgan fingerprint density at radius 1 is 0.333 bits per heavy atom. The van der Waals surface area contributed by atoms with Crippen molar-refractivity contribution in [2.45, 2.75) is 0 Å². The van der Waals surface area contributed by atoms with Crippen LogP contribution in [-0.2, 0) is 0 Å². The van der Waals surface area contributed by atoms with Crippen LogP contribution < -0.4 is 0 Å². The van der Waals surface area contributed by atoms with Crippen molar-refractivity contribution in [3.05, 3.63) is 158 Å². The molecule has 0 unspecified atom stereocenters. The Bertz CT molecular complexity index is 2950. The smallest absolute Gasteiger partial charge is 0.116 e. The van der Waals surface area contributed by atoms with Crippen LogP contribution in [0.15, 0.2) is 158 Å². The third-order valence-electron chi connectivity index (χ3n) is 10.0. The van der Waals surface area contributed by atoms with E-state index in [0.717, 1.165) is 21.5 Å². The summed E-state index contributed by atoms with van der Waals surface area (Å²) in [5.41, 5.74) is 10.5. The van der Waals surface area contributed by atoms with Gasteiger partial charge in [-0.15, -0.1) is 34.0 Å². The van der Waals surface area contributed by atoms with Crippen LogP contribution in [0.5, 0.6) is 0 Å². The number of thiophene rings is 3. The van der Waals surface area contributed by atoms with Crippen LogP contribution in [-0.4, -0.2) is 9.97 Å². The zero-order valence-corrected chi connectivity index (χ0v) is 29.6. The van der Waals surface area contributed by atoms with Gasteiger partial charge >= 0.3 is 0 Å². The lowest BCUT2D eigenvalue weighted by molar-refractivity contribution is 1.24. The molecule has 0 aliphatic heterocycles. The molecule has 0 fully saturated rings. The average Bonchev–Trinajstić information content (AvgIpc) is 3.89. The summed E-state index contributed by atoms with van der Waals surface area (Å²) in [7, 11) is 0. The molecule has 0 amide bonds. The first kappa shape index (κ1) is 29.1. The lowest BCUT2D eigenvalue weighted by Crippen LogP contribution is -1.87. The van der Waals surface area contributed by atoms with Crippen molar-refractivity contribution < 1.29 is 0 Å². The van der Waals surface area contributed by atoms with Gasteiger partial charge in [-0.05, 0) is 57.6 Å². The number of rotatable bonds is 4. The van der Waals surface area contributed by atoms with Gasteiger partial charge in [0.15, 0.2) is 0 Å². The minimum atomic E-state index is 0.975. The van der Waals surface area contributed by atoms with Gasteiger partial charge in [0, 0.05) is 56.0 Å². The van der Waals surface area contributed by atoms with Crippen LogP contribution in [0.4, 0.5) is 0 Å². The van der Waals surface area contributed by atoms with Crippen molar-refractivity contribution in [3.63, 3.8) is 0 Å². The van der Waals surface area contributed by atoms with Gasteiger partial charge < -0.3 is 0 Å². The molecule has 4 aromatic heterocycles. The zero-order valence-electron chi connectivity index (χ0n) is 27.1. The van der Waals surface area contributed by atoms with E-state index in [1.807, 2.05) is 22.7 Å². The van der Waals surface area contributed by atoms with Gasteiger partial charge in [0.1, 0.15) is 6.33 Å². The first-order chi connectivity index (χ1) is 25.3. The van der Waals surface area contributed by atoms with E-state index >= 15 is 0 Å². The summed E-state index contributed by atoms with van der Waals surface area (Å²) >= 11 is 5.54. The summed E-state index contributed by atoms with van der Waals surface area (Å²) in [4.78, 5) is 9.77. The summed E-state index contributed by atoms with van der Waals surface area (Å²) < 4.78 is 7.65. The molecular formula is C46H26N2S3. The molecule has 0 aliphatic rings. The quantitative estimate of drug-likeness (QED) is 0.182. The molecule has 51 heavy (non-hydrogen) atoms. The summed E-state index contributed by atoms with van der Waals surface area (Å²) in [5.74, 6) is 0. The maximum absolute atomic E-state index is 4.91. The monoisotopic (exact) mass is 702 g/mol. The van der Waals surface area contributed by atoms with Gasteiger partial charge in [0.25, 0.3) is 0 Å².